The third kappa shape index (κ3) is 0.957. The van der Waals surface area contributed by atoms with Gasteiger partial charge in [-0.25, -0.2) is 0 Å². The summed E-state index contributed by atoms with van der Waals surface area (Å²) in [4.78, 5) is 2.73. The van der Waals surface area contributed by atoms with Crippen LogP contribution in [-0.2, 0) is 0 Å². The normalized spacial score (nSPS) is 46.2. The van der Waals surface area contributed by atoms with Crippen molar-refractivity contribution in [2.24, 2.45) is 11.8 Å². The van der Waals surface area contributed by atoms with Crippen molar-refractivity contribution in [3.8, 4) is 0 Å². The number of rotatable bonds is 1. The van der Waals surface area contributed by atoms with E-state index in [1.165, 1.54) is 38.8 Å². The van der Waals surface area contributed by atoms with Gasteiger partial charge in [0.2, 0.25) is 0 Å². The molecule has 66 valence electrons. The monoisotopic (exact) mass is 163 g/mol. The Balaban J connectivity index is 1.74. The first-order valence-electron chi connectivity index (χ1n) is 5.36. The van der Waals surface area contributed by atoms with Crippen molar-refractivity contribution in [3.05, 3.63) is 12.2 Å². The Bertz CT molecular complexity index is 203. The molecule has 3 rings (SSSR count). The molecule has 0 radical (unpaired) electrons. The fourth-order valence-electron chi connectivity index (χ4n) is 3.24. The van der Waals surface area contributed by atoms with Crippen molar-refractivity contribution in [2.45, 2.75) is 31.7 Å². The lowest BCUT2D eigenvalue weighted by molar-refractivity contribution is 0.213. The highest BCUT2D eigenvalue weighted by Gasteiger charge is 2.39. The molecule has 1 unspecified atom stereocenters. The van der Waals surface area contributed by atoms with Gasteiger partial charge in [-0.3, -0.25) is 4.90 Å². The van der Waals surface area contributed by atoms with E-state index in [4.69, 9.17) is 0 Å². The van der Waals surface area contributed by atoms with Crippen LogP contribution in [0.5, 0.6) is 0 Å². The van der Waals surface area contributed by atoms with E-state index in [-0.39, 0.29) is 0 Å². The number of allylic oxidation sites excluding steroid dienone is 1. The summed E-state index contributed by atoms with van der Waals surface area (Å²) in [6.45, 7) is 2.75. The van der Waals surface area contributed by atoms with Gasteiger partial charge < -0.3 is 0 Å². The molecule has 0 spiro atoms. The molecular formula is C11H17N. The number of hydrogen-bond donors (Lipinski definition) is 0. The molecule has 0 aromatic rings. The lowest BCUT2D eigenvalue weighted by Crippen LogP contribution is -2.35. The minimum Gasteiger partial charge on any atom is -0.300 e. The third-order valence-corrected chi connectivity index (χ3v) is 3.85. The molecule has 1 saturated carbocycles. The van der Waals surface area contributed by atoms with Gasteiger partial charge in [0.15, 0.2) is 0 Å². The van der Waals surface area contributed by atoms with E-state index < -0.39 is 0 Å². The zero-order valence-corrected chi connectivity index (χ0v) is 7.58. The number of hydrogen-bond acceptors (Lipinski definition) is 1. The zero-order valence-electron chi connectivity index (χ0n) is 7.58. The lowest BCUT2D eigenvalue weighted by Gasteiger charge is -2.28. The zero-order chi connectivity index (χ0) is 7.97. The molecule has 2 fully saturated rings. The Morgan fingerprint density at radius 2 is 1.83 bits per heavy atom. The molecule has 1 aliphatic heterocycles. The Morgan fingerprint density at radius 1 is 1.00 bits per heavy atom. The second-order valence-corrected chi connectivity index (χ2v) is 4.59. The SMILES string of the molecule is C1=C[C@H]2C[C@@H]1CC2N1CCCC1. The van der Waals surface area contributed by atoms with Crippen LogP contribution in [0.1, 0.15) is 25.7 Å². The largest absolute Gasteiger partial charge is 0.300 e. The van der Waals surface area contributed by atoms with Crippen LogP contribution in [0.2, 0.25) is 0 Å². The van der Waals surface area contributed by atoms with E-state index in [9.17, 15) is 0 Å². The Kier molecular flexibility index (Phi) is 1.54. The quantitative estimate of drug-likeness (QED) is 0.535. The van der Waals surface area contributed by atoms with Crippen molar-refractivity contribution in [1.29, 1.82) is 0 Å². The minimum absolute atomic E-state index is 0.924. The van der Waals surface area contributed by atoms with Gasteiger partial charge in [-0.1, -0.05) is 12.2 Å². The molecule has 2 aliphatic carbocycles. The third-order valence-electron chi connectivity index (χ3n) is 3.85. The smallest absolute Gasteiger partial charge is 0.0164 e. The first kappa shape index (κ1) is 7.14. The minimum atomic E-state index is 0.924. The standard InChI is InChI=1S/C11H17N/c1-2-6-12(5-1)11-8-9-3-4-10(11)7-9/h3-4,9-11H,1-2,5-8H2/t9-,10+,11?/m1/s1. The van der Waals surface area contributed by atoms with E-state index >= 15 is 0 Å². The van der Waals surface area contributed by atoms with Crippen molar-refractivity contribution in [2.75, 3.05) is 13.1 Å². The van der Waals surface area contributed by atoms with E-state index in [0.717, 1.165) is 17.9 Å². The molecular weight excluding hydrogens is 146 g/mol. The van der Waals surface area contributed by atoms with Crippen LogP contribution in [0, 0.1) is 11.8 Å². The maximum Gasteiger partial charge on any atom is 0.0164 e. The van der Waals surface area contributed by atoms with Gasteiger partial charge in [0.1, 0.15) is 0 Å². The Labute approximate surface area is 74.4 Å². The van der Waals surface area contributed by atoms with Crippen LogP contribution >= 0.6 is 0 Å². The molecule has 2 bridgehead atoms. The molecule has 3 aliphatic rings. The number of nitrogens with zero attached hydrogens (tertiary/aromatic N) is 1. The number of likely N-dealkylation sites (tertiary alicyclic amines) is 1. The van der Waals surface area contributed by atoms with Gasteiger partial charge in [0.25, 0.3) is 0 Å². The van der Waals surface area contributed by atoms with Gasteiger partial charge in [-0.15, -0.1) is 0 Å². The molecule has 0 N–H and O–H groups in total. The van der Waals surface area contributed by atoms with E-state index in [1.54, 1.807) is 0 Å². The van der Waals surface area contributed by atoms with Gasteiger partial charge in [0, 0.05) is 6.04 Å². The van der Waals surface area contributed by atoms with Crippen LogP contribution < -0.4 is 0 Å². The van der Waals surface area contributed by atoms with E-state index in [1.807, 2.05) is 0 Å². The summed E-state index contributed by atoms with van der Waals surface area (Å²) < 4.78 is 0. The second-order valence-electron chi connectivity index (χ2n) is 4.59. The maximum atomic E-state index is 2.73. The highest BCUT2D eigenvalue weighted by molar-refractivity contribution is 5.13. The van der Waals surface area contributed by atoms with Crippen molar-refractivity contribution < 1.29 is 0 Å². The van der Waals surface area contributed by atoms with Crippen LogP contribution in [0.15, 0.2) is 12.2 Å². The first-order valence-corrected chi connectivity index (χ1v) is 5.36. The average molecular weight is 163 g/mol. The van der Waals surface area contributed by atoms with Gasteiger partial charge in [-0.2, -0.15) is 0 Å². The topological polar surface area (TPSA) is 3.24 Å². The predicted octanol–water partition coefficient (Wildman–Crippen LogP) is 2.05. The molecule has 12 heavy (non-hydrogen) atoms. The molecule has 1 heterocycles. The first-order chi connectivity index (χ1) is 5.93. The van der Waals surface area contributed by atoms with Crippen LogP contribution in [0.25, 0.3) is 0 Å². The van der Waals surface area contributed by atoms with Gasteiger partial charge in [0.05, 0.1) is 0 Å². The van der Waals surface area contributed by atoms with Crippen LogP contribution in [-0.4, -0.2) is 24.0 Å². The molecule has 0 aromatic heterocycles. The summed E-state index contributed by atoms with van der Waals surface area (Å²) >= 11 is 0. The number of fused-ring (bicyclic) bond motifs is 2. The molecule has 3 atom stereocenters. The highest BCUT2D eigenvalue weighted by Crippen LogP contribution is 2.42. The summed E-state index contributed by atoms with van der Waals surface area (Å²) in [5.74, 6) is 1.87. The molecule has 1 saturated heterocycles. The molecule has 1 nitrogen and oxygen atoms in total. The maximum absolute atomic E-state index is 2.73. The van der Waals surface area contributed by atoms with E-state index in [2.05, 4.69) is 17.1 Å². The Morgan fingerprint density at radius 3 is 2.42 bits per heavy atom. The van der Waals surface area contributed by atoms with Gasteiger partial charge >= 0.3 is 0 Å². The fraction of sp³-hybridized carbons (Fsp3) is 0.818. The van der Waals surface area contributed by atoms with E-state index in [0.29, 0.717) is 0 Å². The van der Waals surface area contributed by atoms with Crippen molar-refractivity contribution in [3.63, 3.8) is 0 Å². The van der Waals surface area contributed by atoms with Crippen molar-refractivity contribution >= 4 is 0 Å². The lowest BCUT2D eigenvalue weighted by atomic mass is 10.0. The molecule has 1 heteroatoms. The highest BCUT2D eigenvalue weighted by atomic mass is 15.2. The summed E-state index contributed by atoms with van der Waals surface area (Å²) in [6.07, 6.45) is 10.7. The van der Waals surface area contributed by atoms with Crippen molar-refractivity contribution in [1.82, 2.24) is 4.90 Å². The second kappa shape index (κ2) is 2.59. The van der Waals surface area contributed by atoms with Crippen LogP contribution in [0.3, 0.4) is 0 Å². The summed E-state index contributed by atoms with van der Waals surface area (Å²) in [6, 6.07) is 0.933. The summed E-state index contributed by atoms with van der Waals surface area (Å²) in [5, 5.41) is 0. The van der Waals surface area contributed by atoms with Gasteiger partial charge in [-0.05, 0) is 50.6 Å². The average Bonchev–Trinajstić information content (AvgIpc) is 2.81. The van der Waals surface area contributed by atoms with Crippen LogP contribution in [0.4, 0.5) is 0 Å². The molecule has 0 amide bonds. The summed E-state index contributed by atoms with van der Waals surface area (Å²) in [5.41, 5.74) is 0. The predicted molar refractivity (Wildman–Crippen MR) is 49.9 cm³/mol. The Hall–Kier alpha value is -0.300. The molecule has 0 aromatic carbocycles. The fourth-order valence-corrected chi connectivity index (χ4v) is 3.24. The summed E-state index contributed by atoms with van der Waals surface area (Å²) in [7, 11) is 0.